The van der Waals surface area contributed by atoms with Crippen molar-refractivity contribution in [2.45, 2.75) is 25.8 Å². The zero-order valence-corrected chi connectivity index (χ0v) is 19.9. The minimum absolute atomic E-state index is 0.212. The van der Waals surface area contributed by atoms with Crippen molar-refractivity contribution in [2.75, 3.05) is 44.0 Å². The molecule has 11 heteroatoms. The fourth-order valence-electron chi connectivity index (χ4n) is 3.97. The van der Waals surface area contributed by atoms with Crippen molar-refractivity contribution in [3.8, 4) is 0 Å². The second kappa shape index (κ2) is 10.9. The molecule has 0 saturated carbocycles. The quantitative estimate of drug-likeness (QED) is 0.546. The number of primary amides is 1. The van der Waals surface area contributed by atoms with Crippen LogP contribution in [0.5, 0.6) is 0 Å². The van der Waals surface area contributed by atoms with Gasteiger partial charge in [-0.15, -0.1) is 0 Å². The molecule has 1 aromatic carbocycles. The molecule has 180 valence electrons. The van der Waals surface area contributed by atoms with Crippen molar-refractivity contribution in [1.29, 1.82) is 0 Å². The van der Waals surface area contributed by atoms with Crippen molar-refractivity contribution < 1.29 is 18.0 Å². The van der Waals surface area contributed by atoms with Crippen LogP contribution in [0.15, 0.2) is 49.1 Å². The number of nitrogens with zero attached hydrogens (tertiary/aromatic N) is 5. The maximum absolute atomic E-state index is 13.8. The smallest absolute Gasteiger partial charge is 0.246 e. The fraction of sp³-hybridized carbons (Fsp3) is 0.500. The lowest BCUT2D eigenvalue weighted by Gasteiger charge is -2.32. The zero-order valence-electron chi connectivity index (χ0n) is 19.1. The van der Waals surface area contributed by atoms with Crippen LogP contribution in [0.4, 0.5) is 0 Å². The molecule has 3 rings (SSSR count). The van der Waals surface area contributed by atoms with Crippen molar-refractivity contribution in [1.82, 2.24) is 18.9 Å². The lowest BCUT2D eigenvalue weighted by molar-refractivity contribution is -0.128. The van der Waals surface area contributed by atoms with Crippen molar-refractivity contribution in [2.24, 2.45) is 11.7 Å². The van der Waals surface area contributed by atoms with Crippen molar-refractivity contribution in [3.05, 3.63) is 54.6 Å². The summed E-state index contributed by atoms with van der Waals surface area (Å²) < 4.78 is 29.6. The van der Waals surface area contributed by atoms with E-state index in [-0.39, 0.29) is 12.2 Å². The molecule has 1 aromatic heterocycles. The summed E-state index contributed by atoms with van der Waals surface area (Å²) >= 11 is 0. The molecule has 0 radical (unpaired) electrons. The number of likely N-dealkylation sites (N-methyl/N-ethyl adjacent to an activating group) is 1. The van der Waals surface area contributed by atoms with Gasteiger partial charge in [0.25, 0.3) is 0 Å². The van der Waals surface area contributed by atoms with Gasteiger partial charge in [-0.1, -0.05) is 30.3 Å². The molecular weight excluding hydrogens is 444 g/mol. The van der Waals surface area contributed by atoms with Crippen LogP contribution < -0.4 is 10.7 Å². The van der Waals surface area contributed by atoms with Crippen LogP contribution in [0, 0.1) is 5.92 Å². The molecule has 1 saturated heterocycles. The lowest BCUT2D eigenvalue weighted by atomic mass is 9.99. The predicted molar refractivity (Wildman–Crippen MR) is 125 cm³/mol. The number of amides is 2. The molecule has 2 unspecified atom stereocenters. The zero-order chi connectivity index (χ0) is 24.0. The number of sulfonamides is 1. The molecule has 0 spiro atoms. The highest BCUT2D eigenvalue weighted by Gasteiger charge is 2.36. The number of carbonyl (C=O) groups is 2. The summed E-state index contributed by atoms with van der Waals surface area (Å²) in [6, 6.07) is 8.27. The summed E-state index contributed by atoms with van der Waals surface area (Å²) in [5, 5.41) is 1.19. The normalized spacial score (nSPS) is 17.8. The van der Waals surface area contributed by atoms with E-state index < -0.39 is 33.8 Å². The SMILES string of the molecule is CC(C(N)=O)N(C(=O)C(Cc1ccccc1)CS(=O)(=O)N1CCCN(C)CC1)n1ccnc1. The summed E-state index contributed by atoms with van der Waals surface area (Å²) in [6.45, 7) is 3.77. The van der Waals surface area contributed by atoms with E-state index in [9.17, 15) is 18.0 Å². The number of hydrogen-bond acceptors (Lipinski definition) is 6. The first-order valence-electron chi connectivity index (χ1n) is 11.0. The third kappa shape index (κ3) is 6.40. The van der Waals surface area contributed by atoms with E-state index in [1.165, 1.54) is 39.6 Å². The third-order valence-corrected chi connectivity index (χ3v) is 7.88. The topological polar surface area (TPSA) is 122 Å². The fourth-order valence-corrected chi connectivity index (χ4v) is 5.72. The van der Waals surface area contributed by atoms with E-state index in [2.05, 4.69) is 9.88 Å². The molecule has 2 heterocycles. The molecule has 33 heavy (non-hydrogen) atoms. The van der Waals surface area contributed by atoms with Crippen LogP contribution in [0.2, 0.25) is 0 Å². The summed E-state index contributed by atoms with van der Waals surface area (Å²) in [6.07, 6.45) is 5.33. The molecule has 0 bridgehead atoms. The Morgan fingerprint density at radius 1 is 1.15 bits per heavy atom. The highest BCUT2D eigenvalue weighted by atomic mass is 32.2. The van der Waals surface area contributed by atoms with Crippen LogP contribution in [0.1, 0.15) is 18.9 Å². The third-order valence-electron chi connectivity index (χ3n) is 5.90. The van der Waals surface area contributed by atoms with Gasteiger partial charge in [-0.2, -0.15) is 0 Å². The minimum atomic E-state index is -3.72. The molecule has 2 aromatic rings. The van der Waals surface area contributed by atoms with E-state index in [0.29, 0.717) is 19.6 Å². The Balaban J connectivity index is 1.92. The number of carbonyl (C=O) groups excluding carboxylic acids is 2. The van der Waals surface area contributed by atoms with Gasteiger partial charge in [0.2, 0.25) is 21.8 Å². The van der Waals surface area contributed by atoms with E-state index in [4.69, 9.17) is 5.73 Å². The molecule has 2 N–H and O–H groups in total. The second-order valence-corrected chi connectivity index (χ2v) is 10.4. The lowest BCUT2D eigenvalue weighted by Crippen LogP contribution is -2.55. The molecule has 2 atom stereocenters. The number of benzene rings is 1. The van der Waals surface area contributed by atoms with E-state index in [1.807, 2.05) is 37.4 Å². The molecule has 0 aliphatic carbocycles. The summed E-state index contributed by atoms with van der Waals surface area (Å²) in [5.41, 5.74) is 6.34. The standard InChI is InChI=1S/C22H32N6O4S/c1-18(21(23)29)28(26-12-9-24-17-26)22(30)20(15-19-7-4-3-5-8-19)16-33(31,32)27-11-6-10-25(2)13-14-27/h3-5,7-9,12,17-18,20H,6,10-11,13-16H2,1-2H3,(H2,23,29). The number of nitrogens with two attached hydrogens (primary N) is 1. The average Bonchev–Trinajstić information content (AvgIpc) is 3.20. The summed E-state index contributed by atoms with van der Waals surface area (Å²) in [5.74, 6) is -2.48. The number of rotatable bonds is 9. The van der Waals surface area contributed by atoms with Gasteiger partial charge in [0.15, 0.2) is 0 Å². The van der Waals surface area contributed by atoms with Crippen LogP contribution in [-0.4, -0.2) is 84.1 Å². The van der Waals surface area contributed by atoms with Gasteiger partial charge >= 0.3 is 0 Å². The second-order valence-electron chi connectivity index (χ2n) is 8.42. The first-order chi connectivity index (χ1) is 15.7. The molecule has 1 aliphatic rings. The Hall–Kier alpha value is -2.76. The van der Waals surface area contributed by atoms with E-state index in [0.717, 1.165) is 18.5 Å². The largest absolute Gasteiger partial charge is 0.368 e. The summed E-state index contributed by atoms with van der Waals surface area (Å²) in [7, 11) is -1.76. The Morgan fingerprint density at radius 3 is 2.52 bits per heavy atom. The Bertz CT molecular complexity index is 1030. The first-order valence-corrected chi connectivity index (χ1v) is 12.6. The van der Waals surface area contributed by atoms with Gasteiger partial charge in [-0.25, -0.2) is 27.4 Å². The molecule has 1 fully saturated rings. The molecule has 10 nitrogen and oxygen atoms in total. The average molecular weight is 477 g/mol. The summed E-state index contributed by atoms with van der Waals surface area (Å²) in [4.78, 5) is 31.8. The highest BCUT2D eigenvalue weighted by molar-refractivity contribution is 7.89. The van der Waals surface area contributed by atoms with Gasteiger partial charge in [-0.3, -0.25) is 9.59 Å². The van der Waals surface area contributed by atoms with Crippen LogP contribution in [-0.2, 0) is 26.0 Å². The number of hydrogen-bond donors (Lipinski definition) is 1. The van der Waals surface area contributed by atoms with E-state index in [1.54, 1.807) is 0 Å². The Labute approximate surface area is 195 Å². The van der Waals surface area contributed by atoms with Crippen molar-refractivity contribution in [3.63, 3.8) is 0 Å². The monoisotopic (exact) mass is 476 g/mol. The first kappa shape index (κ1) is 24.9. The van der Waals surface area contributed by atoms with Crippen molar-refractivity contribution >= 4 is 21.8 Å². The van der Waals surface area contributed by atoms with Gasteiger partial charge in [0.05, 0.1) is 11.7 Å². The van der Waals surface area contributed by atoms with E-state index >= 15 is 0 Å². The minimum Gasteiger partial charge on any atom is -0.368 e. The maximum Gasteiger partial charge on any atom is 0.246 e. The molecular formula is C22H32N6O4S. The highest BCUT2D eigenvalue weighted by Crippen LogP contribution is 2.19. The van der Waals surface area contributed by atoms with Crippen LogP contribution >= 0.6 is 0 Å². The van der Waals surface area contributed by atoms with Crippen LogP contribution in [0.25, 0.3) is 0 Å². The van der Waals surface area contributed by atoms with Crippen LogP contribution in [0.3, 0.4) is 0 Å². The number of aromatic nitrogens is 2. The van der Waals surface area contributed by atoms with Gasteiger partial charge in [0, 0.05) is 32.0 Å². The molecule has 2 amide bonds. The van der Waals surface area contributed by atoms with Gasteiger partial charge < -0.3 is 10.6 Å². The molecule has 1 aliphatic heterocycles. The van der Waals surface area contributed by atoms with Gasteiger partial charge in [0.1, 0.15) is 12.4 Å². The maximum atomic E-state index is 13.8. The Kier molecular flexibility index (Phi) is 8.22. The predicted octanol–water partition coefficient (Wildman–Crippen LogP) is 0.0477. The Morgan fingerprint density at radius 2 is 1.88 bits per heavy atom. The van der Waals surface area contributed by atoms with Gasteiger partial charge in [-0.05, 0) is 38.9 Å². The number of imidazole rings is 1.